The molecule has 0 radical (unpaired) electrons. The first-order valence-corrected chi connectivity index (χ1v) is 12.4. The molecule has 1 saturated heterocycles. The van der Waals surface area contributed by atoms with E-state index in [0.29, 0.717) is 30.1 Å². The Labute approximate surface area is 217 Å². The molecule has 0 spiro atoms. The quantitative estimate of drug-likeness (QED) is 0.382. The molecule has 1 aliphatic heterocycles. The van der Waals surface area contributed by atoms with Crippen molar-refractivity contribution in [3.8, 4) is 11.3 Å². The predicted octanol–water partition coefficient (Wildman–Crippen LogP) is 5.04. The van der Waals surface area contributed by atoms with Crippen molar-refractivity contribution < 1.29 is 23.1 Å². The molecule has 4 aromatic rings. The van der Waals surface area contributed by atoms with Crippen molar-refractivity contribution in [1.29, 1.82) is 0 Å². The van der Waals surface area contributed by atoms with Crippen molar-refractivity contribution in [3.05, 3.63) is 83.2 Å². The number of halogens is 3. The van der Waals surface area contributed by atoms with E-state index in [1.807, 2.05) is 0 Å². The van der Waals surface area contributed by atoms with Gasteiger partial charge in [-0.2, -0.15) is 0 Å². The van der Waals surface area contributed by atoms with Crippen LogP contribution in [-0.2, 0) is 10.4 Å². The molecule has 3 N–H and O–H groups in total. The van der Waals surface area contributed by atoms with Crippen LogP contribution in [0.1, 0.15) is 61.5 Å². The molecule has 2 aromatic carbocycles. The summed E-state index contributed by atoms with van der Waals surface area (Å²) in [4.78, 5) is 22.7. The minimum absolute atomic E-state index is 0.00950. The third-order valence-corrected chi connectivity index (χ3v) is 7.33. The summed E-state index contributed by atoms with van der Waals surface area (Å²) in [6.45, 7) is 4.15. The number of rotatable bonds is 5. The highest BCUT2D eigenvalue weighted by molar-refractivity contribution is 5.85. The van der Waals surface area contributed by atoms with Crippen LogP contribution in [0.5, 0.6) is 0 Å². The van der Waals surface area contributed by atoms with E-state index in [2.05, 4.69) is 4.98 Å². The van der Waals surface area contributed by atoms with E-state index < -0.39 is 17.8 Å². The van der Waals surface area contributed by atoms with Gasteiger partial charge in [0.2, 0.25) is 5.91 Å². The summed E-state index contributed by atoms with van der Waals surface area (Å²) in [5.41, 5.74) is 5.60. The zero-order chi connectivity index (χ0) is 27.2. The van der Waals surface area contributed by atoms with Gasteiger partial charge in [0.25, 0.3) is 6.43 Å². The van der Waals surface area contributed by atoms with Gasteiger partial charge in [0.05, 0.1) is 0 Å². The topological polar surface area (TPSA) is 96.8 Å². The fourth-order valence-electron chi connectivity index (χ4n) is 5.19. The second-order valence-electron chi connectivity index (χ2n) is 9.85. The number of nitrogens with two attached hydrogens (primary N) is 1. The number of likely N-dealkylation sites (tertiary alicyclic amines) is 1. The molecule has 7 nitrogen and oxygen atoms in total. The van der Waals surface area contributed by atoms with Gasteiger partial charge < -0.3 is 15.7 Å². The summed E-state index contributed by atoms with van der Waals surface area (Å²) in [7, 11) is 0. The number of imidazole rings is 1. The number of piperidine rings is 1. The van der Waals surface area contributed by atoms with E-state index in [1.54, 1.807) is 27.8 Å². The number of benzene rings is 2. The molecule has 0 saturated carbocycles. The first kappa shape index (κ1) is 25.7. The number of fused-ring (bicyclic) bond motifs is 1. The lowest BCUT2D eigenvalue weighted by Gasteiger charge is -2.31. The molecule has 5 rings (SSSR count). The fourth-order valence-corrected chi connectivity index (χ4v) is 5.19. The number of aliphatic hydroxyl groups is 1. The number of hydrogen-bond donors (Lipinski definition) is 2. The number of amides is 1. The molecule has 2 aromatic heterocycles. The Morgan fingerprint density at radius 2 is 1.97 bits per heavy atom. The summed E-state index contributed by atoms with van der Waals surface area (Å²) in [6.07, 6.45) is 2.20. The minimum atomic E-state index is -2.70. The van der Waals surface area contributed by atoms with Crippen LogP contribution in [-0.4, -0.2) is 43.4 Å². The highest BCUT2D eigenvalue weighted by atomic mass is 19.3. The van der Waals surface area contributed by atoms with Crippen molar-refractivity contribution in [2.24, 2.45) is 0 Å². The summed E-state index contributed by atoms with van der Waals surface area (Å²) < 4.78 is 43.9. The van der Waals surface area contributed by atoms with Gasteiger partial charge in [-0.15, -0.1) is 0 Å². The highest BCUT2D eigenvalue weighted by Crippen LogP contribution is 2.37. The molecule has 38 heavy (non-hydrogen) atoms. The molecule has 0 aliphatic carbocycles. The van der Waals surface area contributed by atoms with Crippen molar-refractivity contribution in [3.63, 3.8) is 0 Å². The van der Waals surface area contributed by atoms with Gasteiger partial charge >= 0.3 is 0 Å². The molecular weight excluding hydrogens is 495 g/mol. The Balaban J connectivity index is 1.57. The van der Waals surface area contributed by atoms with Gasteiger partial charge in [-0.05, 0) is 49.1 Å². The van der Waals surface area contributed by atoms with Crippen molar-refractivity contribution in [1.82, 2.24) is 19.3 Å². The molecular formula is C28H28F3N5O2. The largest absolute Gasteiger partial charge is 0.382 e. The average Bonchev–Trinajstić information content (AvgIpc) is 3.29. The van der Waals surface area contributed by atoms with Crippen LogP contribution in [0.4, 0.5) is 19.0 Å². The monoisotopic (exact) mass is 523 g/mol. The van der Waals surface area contributed by atoms with Gasteiger partial charge in [-0.1, -0.05) is 24.3 Å². The van der Waals surface area contributed by atoms with E-state index in [0.717, 1.165) is 12.8 Å². The third-order valence-electron chi connectivity index (χ3n) is 7.33. The Hall–Kier alpha value is -3.92. The van der Waals surface area contributed by atoms with Crippen LogP contribution in [0.2, 0.25) is 0 Å². The molecule has 2 atom stereocenters. The van der Waals surface area contributed by atoms with Gasteiger partial charge in [0, 0.05) is 49.5 Å². The maximum Gasteiger partial charge on any atom is 0.263 e. The van der Waals surface area contributed by atoms with E-state index in [9.17, 15) is 18.7 Å². The SMILES string of the molecule is CC(=O)N1CCC[C@@H](c2nc(-c3ccc(C(C)(O)c4cccc(C(F)F)c4)cc3F)c3c(N)nccn23)C1. The first-order valence-electron chi connectivity index (χ1n) is 12.4. The Bertz CT molecular complexity index is 1520. The highest BCUT2D eigenvalue weighted by Gasteiger charge is 2.31. The molecule has 1 amide bonds. The molecule has 0 bridgehead atoms. The number of anilines is 1. The van der Waals surface area contributed by atoms with Crippen molar-refractivity contribution in [2.75, 3.05) is 18.8 Å². The summed E-state index contributed by atoms with van der Waals surface area (Å²) in [6, 6.07) is 9.67. The van der Waals surface area contributed by atoms with Gasteiger partial charge in [-0.3, -0.25) is 9.20 Å². The number of carbonyl (C=O) groups is 1. The van der Waals surface area contributed by atoms with E-state index in [-0.39, 0.29) is 39.9 Å². The number of carbonyl (C=O) groups excluding carboxylic acids is 1. The van der Waals surface area contributed by atoms with E-state index >= 15 is 4.39 Å². The minimum Gasteiger partial charge on any atom is -0.382 e. The van der Waals surface area contributed by atoms with Crippen LogP contribution in [0.3, 0.4) is 0 Å². The molecule has 1 aliphatic rings. The Kier molecular flexibility index (Phi) is 6.60. The summed E-state index contributed by atoms with van der Waals surface area (Å²) >= 11 is 0. The lowest BCUT2D eigenvalue weighted by molar-refractivity contribution is -0.130. The molecule has 198 valence electrons. The predicted molar refractivity (Wildman–Crippen MR) is 137 cm³/mol. The number of alkyl halides is 2. The maximum absolute atomic E-state index is 15.7. The second-order valence-corrected chi connectivity index (χ2v) is 9.85. The summed E-state index contributed by atoms with van der Waals surface area (Å²) in [5.74, 6) is 0.108. The van der Waals surface area contributed by atoms with Crippen LogP contribution in [0.25, 0.3) is 16.8 Å². The first-order chi connectivity index (χ1) is 18.1. The Morgan fingerprint density at radius 1 is 1.21 bits per heavy atom. The number of aromatic nitrogens is 3. The average molecular weight is 524 g/mol. The van der Waals surface area contributed by atoms with E-state index in [1.165, 1.54) is 50.2 Å². The van der Waals surface area contributed by atoms with Crippen LogP contribution < -0.4 is 5.73 Å². The normalized spacial score (nSPS) is 17.7. The second kappa shape index (κ2) is 9.75. The number of nitrogen functional groups attached to an aromatic ring is 1. The lowest BCUT2D eigenvalue weighted by atomic mass is 9.86. The number of hydrogen-bond acceptors (Lipinski definition) is 5. The third kappa shape index (κ3) is 4.49. The van der Waals surface area contributed by atoms with Crippen LogP contribution in [0.15, 0.2) is 54.9 Å². The standard InChI is InChI=1S/C28H28F3N5O2/c1-16(37)35-11-4-6-18(15-35)27-34-23(24-26(32)33-10-12-36(24)27)21-9-8-20(14-22(21)29)28(2,38)19-7-3-5-17(13-19)25(30)31/h3,5,7-10,12-14,18,25,38H,4,6,11,15H2,1-2H3,(H2,32,33)/t18-,28?/m1/s1. The van der Waals surface area contributed by atoms with Gasteiger partial charge in [0.15, 0.2) is 0 Å². The van der Waals surface area contributed by atoms with Crippen molar-refractivity contribution >= 4 is 17.2 Å². The smallest absolute Gasteiger partial charge is 0.263 e. The molecule has 1 fully saturated rings. The number of nitrogens with zero attached hydrogens (tertiary/aromatic N) is 4. The zero-order valence-electron chi connectivity index (χ0n) is 21.0. The van der Waals surface area contributed by atoms with E-state index in [4.69, 9.17) is 10.7 Å². The molecule has 3 heterocycles. The molecule has 1 unspecified atom stereocenters. The van der Waals surface area contributed by atoms with Gasteiger partial charge in [0.1, 0.15) is 34.3 Å². The summed E-state index contributed by atoms with van der Waals surface area (Å²) in [5, 5.41) is 11.2. The van der Waals surface area contributed by atoms with Crippen molar-refractivity contribution in [2.45, 2.75) is 44.6 Å². The van der Waals surface area contributed by atoms with Crippen LogP contribution >= 0.6 is 0 Å². The fraction of sp³-hybridized carbons (Fsp3) is 0.321. The lowest BCUT2D eigenvalue weighted by Crippen LogP contribution is -2.38. The molecule has 10 heteroatoms. The zero-order valence-corrected chi connectivity index (χ0v) is 21.0. The maximum atomic E-state index is 15.7. The van der Waals surface area contributed by atoms with Crippen LogP contribution in [0, 0.1) is 5.82 Å². The Morgan fingerprint density at radius 3 is 2.68 bits per heavy atom. The van der Waals surface area contributed by atoms with Gasteiger partial charge in [-0.25, -0.2) is 23.1 Å².